The van der Waals surface area contributed by atoms with E-state index in [1.165, 1.54) is 9.80 Å². The molecular weight excluding hydrogens is 515 g/mol. The number of benzene rings is 2. The molecule has 39 heavy (non-hydrogen) atoms. The van der Waals surface area contributed by atoms with Gasteiger partial charge in [0, 0.05) is 31.2 Å². The Hall–Kier alpha value is -4.22. The van der Waals surface area contributed by atoms with Crippen molar-refractivity contribution >= 4 is 28.8 Å². The van der Waals surface area contributed by atoms with Crippen LogP contribution in [0.15, 0.2) is 53.3 Å². The van der Waals surface area contributed by atoms with E-state index in [1.807, 2.05) is 0 Å². The first-order valence-electron chi connectivity index (χ1n) is 12.4. The van der Waals surface area contributed by atoms with E-state index in [4.69, 9.17) is 0 Å². The molecule has 4 rings (SSSR count). The van der Waals surface area contributed by atoms with Gasteiger partial charge in [0.05, 0.1) is 16.6 Å². The number of aromatic nitrogens is 2. The van der Waals surface area contributed by atoms with E-state index in [2.05, 4.69) is 15.3 Å². The number of hydrogen-bond donors (Lipinski definition) is 2. The molecular formula is C27H28F3N5O4. The Kier molecular flexibility index (Phi) is 7.75. The van der Waals surface area contributed by atoms with Crippen molar-refractivity contribution in [2.45, 2.75) is 39.0 Å². The van der Waals surface area contributed by atoms with Crippen molar-refractivity contribution in [2.75, 3.05) is 19.6 Å². The standard InChI is InChI=1S/C27H28F3N5O4/c1-15(2)21(33-24(37)22-23(36)32-20-7-5-4-6-19(20)31-22)26(39)34-12-13-35(16(3)14-34)25(38)17-8-10-18(11-9-17)27(28,29)30/h4-11,15-16,21H,12-14H2,1-3H3,(H,32,36)(H,33,37)/t16-,21+/m1/s1. The largest absolute Gasteiger partial charge is 0.416 e. The summed E-state index contributed by atoms with van der Waals surface area (Å²) in [6, 6.07) is 9.40. The molecule has 2 aromatic carbocycles. The van der Waals surface area contributed by atoms with Gasteiger partial charge in [-0.25, -0.2) is 4.98 Å². The molecule has 0 bridgehead atoms. The lowest BCUT2D eigenvalue weighted by Crippen LogP contribution is -2.60. The maximum absolute atomic E-state index is 13.4. The molecule has 1 aliphatic heterocycles. The lowest BCUT2D eigenvalue weighted by Gasteiger charge is -2.41. The van der Waals surface area contributed by atoms with E-state index in [0.717, 1.165) is 24.3 Å². The molecule has 1 fully saturated rings. The number of para-hydroxylation sites is 2. The van der Waals surface area contributed by atoms with Crippen LogP contribution in [-0.2, 0) is 11.0 Å². The SMILES string of the molecule is CC(C)[C@H](NC(=O)c1nc2ccccc2[nH]c1=O)C(=O)N1CCN(C(=O)c2ccc(C(F)(F)F)cc2)[C@H](C)C1. The molecule has 3 amide bonds. The molecule has 1 aliphatic rings. The van der Waals surface area contributed by atoms with Crippen LogP contribution >= 0.6 is 0 Å². The van der Waals surface area contributed by atoms with Crippen molar-refractivity contribution in [1.82, 2.24) is 25.1 Å². The highest BCUT2D eigenvalue weighted by Gasteiger charge is 2.36. The van der Waals surface area contributed by atoms with E-state index in [0.29, 0.717) is 11.0 Å². The molecule has 2 heterocycles. The van der Waals surface area contributed by atoms with Crippen LogP contribution < -0.4 is 10.9 Å². The number of nitrogens with one attached hydrogen (secondary N) is 2. The van der Waals surface area contributed by atoms with Crippen LogP contribution in [0.5, 0.6) is 0 Å². The van der Waals surface area contributed by atoms with Gasteiger partial charge in [-0.05, 0) is 49.2 Å². The van der Waals surface area contributed by atoms with E-state index >= 15 is 0 Å². The summed E-state index contributed by atoms with van der Waals surface area (Å²) in [5.41, 5.74) is -0.844. The van der Waals surface area contributed by atoms with Crippen LogP contribution in [0.3, 0.4) is 0 Å². The summed E-state index contributed by atoms with van der Waals surface area (Å²) in [6.07, 6.45) is -4.50. The lowest BCUT2D eigenvalue weighted by atomic mass is 10.0. The van der Waals surface area contributed by atoms with Gasteiger partial charge >= 0.3 is 6.18 Å². The van der Waals surface area contributed by atoms with Gasteiger partial charge in [0.1, 0.15) is 6.04 Å². The number of nitrogens with zero attached hydrogens (tertiary/aromatic N) is 3. The summed E-state index contributed by atoms with van der Waals surface area (Å²) < 4.78 is 38.6. The maximum atomic E-state index is 13.4. The first-order chi connectivity index (χ1) is 18.4. The number of fused-ring (bicyclic) bond motifs is 1. The fourth-order valence-electron chi connectivity index (χ4n) is 4.53. The summed E-state index contributed by atoms with van der Waals surface area (Å²) >= 11 is 0. The maximum Gasteiger partial charge on any atom is 0.416 e. The number of halogens is 3. The van der Waals surface area contributed by atoms with Crippen LogP contribution in [0.25, 0.3) is 11.0 Å². The van der Waals surface area contributed by atoms with Crippen molar-refractivity contribution < 1.29 is 27.6 Å². The van der Waals surface area contributed by atoms with E-state index in [-0.39, 0.29) is 42.7 Å². The van der Waals surface area contributed by atoms with E-state index in [9.17, 15) is 32.3 Å². The summed E-state index contributed by atoms with van der Waals surface area (Å²) in [7, 11) is 0. The second-order valence-electron chi connectivity index (χ2n) is 9.83. The highest BCUT2D eigenvalue weighted by molar-refractivity contribution is 5.97. The Morgan fingerprint density at radius 3 is 2.33 bits per heavy atom. The topological polar surface area (TPSA) is 115 Å². The molecule has 12 heteroatoms. The molecule has 2 N–H and O–H groups in total. The quantitative estimate of drug-likeness (QED) is 0.513. The second kappa shape index (κ2) is 10.9. The minimum atomic E-state index is -4.50. The van der Waals surface area contributed by atoms with Crippen LogP contribution in [-0.4, -0.2) is 69.2 Å². The molecule has 9 nitrogen and oxygen atoms in total. The molecule has 0 spiro atoms. The summed E-state index contributed by atoms with van der Waals surface area (Å²) in [6.45, 7) is 5.76. The number of piperazine rings is 1. The van der Waals surface area contributed by atoms with Crippen LogP contribution in [0, 0.1) is 5.92 Å². The zero-order chi connectivity index (χ0) is 28.5. The Morgan fingerprint density at radius 2 is 1.72 bits per heavy atom. The van der Waals surface area contributed by atoms with Gasteiger partial charge in [0.15, 0.2) is 5.69 Å². The number of amides is 3. The molecule has 0 radical (unpaired) electrons. The molecule has 1 saturated heterocycles. The third-order valence-corrected chi connectivity index (χ3v) is 6.69. The number of aromatic amines is 1. The summed E-state index contributed by atoms with van der Waals surface area (Å²) in [5, 5.41) is 2.64. The smallest absolute Gasteiger partial charge is 0.338 e. The molecule has 206 valence electrons. The number of rotatable bonds is 5. The Morgan fingerprint density at radius 1 is 1.05 bits per heavy atom. The first-order valence-corrected chi connectivity index (χ1v) is 12.4. The van der Waals surface area contributed by atoms with Crippen molar-refractivity contribution in [2.24, 2.45) is 5.92 Å². The van der Waals surface area contributed by atoms with Crippen LogP contribution in [0.4, 0.5) is 13.2 Å². The third kappa shape index (κ3) is 5.94. The van der Waals surface area contributed by atoms with Gasteiger partial charge in [-0.2, -0.15) is 13.2 Å². The average molecular weight is 544 g/mol. The summed E-state index contributed by atoms with van der Waals surface area (Å²) in [5.74, 6) is -1.90. The van der Waals surface area contributed by atoms with Gasteiger partial charge in [0.2, 0.25) is 5.91 Å². The average Bonchev–Trinajstić information content (AvgIpc) is 2.89. The van der Waals surface area contributed by atoms with Gasteiger partial charge in [-0.15, -0.1) is 0 Å². The fourth-order valence-corrected chi connectivity index (χ4v) is 4.53. The first kappa shape index (κ1) is 27.8. The molecule has 0 unspecified atom stereocenters. The van der Waals surface area contributed by atoms with Gasteiger partial charge < -0.3 is 20.1 Å². The highest BCUT2D eigenvalue weighted by atomic mass is 19.4. The summed E-state index contributed by atoms with van der Waals surface area (Å²) in [4.78, 5) is 61.6. The van der Waals surface area contributed by atoms with Gasteiger partial charge in [0.25, 0.3) is 17.4 Å². The number of carbonyl (C=O) groups excluding carboxylic acids is 3. The molecule has 0 saturated carbocycles. The molecule has 0 aliphatic carbocycles. The normalized spacial score (nSPS) is 16.8. The third-order valence-electron chi connectivity index (χ3n) is 6.69. The van der Waals surface area contributed by atoms with Crippen LogP contribution in [0.2, 0.25) is 0 Å². The monoisotopic (exact) mass is 543 g/mol. The Balaban J connectivity index is 1.44. The Bertz CT molecular complexity index is 1450. The zero-order valence-electron chi connectivity index (χ0n) is 21.6. The van der Waals surface area contributed by atoms with Crippen LogP contribution in [0.1, 0.15) is 47.2 Å². The number of hydrogen-bond acceptors (Lipinski definition) is 5. The van der Waals surface area contributed by atoms with Gasteiger partial charge in [-0.1, -0.05) is 26.0 Å². The van der Waals surface area contributed by atoms with E-state index in [1.54, 1.807) is 45.0 Å². The zero-order valence-corrected chi connectivity index (χ0v) is 21.6. The molecule has 2 atom stereocenters. The van der Waals surface area contributed by atoms with E-state index < -0.39 is 41.2 Å². The lowest BCUT2D eigenvalue weighted by molar-refractivity contribution is -0.137. The predicted octanol–water partition coefficient (Wildman–Crippen LogP) is 3.07. The molecule has 1 aromatic heterocycles. The number of carbonyl (C=O) groups is 3. The fraction of sp³-hybridized carbons (Fsp3) is 0.370. The van der Waals surface area contributed by atoms with Crippen molar-refractivity contribution in [3.63, 3.8) is 0 Å². The minimum Gasteiger partial charge on any atom is -0.338 e. The van der Waals surface area contributed by atoms with Crippen molar-refractivity contribution in [1.29, 1.82) is 0 Å². The number of alkyl halides is 3. The molecule has 3 aromatic rings. The second-order valence-corrected chi connectivity index (χ2v) is 9.83. The van der Waals surface area contributed by atoms with Crippen molar-refractivity contribution in [3.8, 4) is 0 Å². The Labute approximate surface area is 222 Å². The number of H-pyrrole nitrogens is 1. The van der Waals surface area contributed by atoms with Crippen molar-refractivity contribution in [3.05, 3.63) is 75.7 Å². The predicted molar refractivity (Wildman–Crippen MR) is 137 cm³/mol. The van der Waals surface area contributed by atoms with Gasteiger partial charge in [-0.3, -0.25) is 19.2 Å². The highest BCUT2D eigenvalue weighted by Crippen LogP contribution is 2.29. The minimum absolute atomic E-state index is 0.120.